The van der Waals surface area contributed by atoms with E-state index in [0.717, 1.165) is 18.5 Å². The van der Waals surface area contributed by atoms with E-state index in [1.54, 1.807) is 17.0 Å². The van der Waals surface area contributed by atoms with Gasteiger partial charge in [0.05, 0.1) is 11.1 Å². The number of aliphatic hydroxyl groups excluding tert-OH is 1. The molecule has 2 rings (SSSR count). The predicted molar refractivity (Wildman–Crippen MR) is 112 cm³/mol. The molecule has 28 heavy (non-hydrogen) atoms. The second kappa shape index (κ2) is 13.1. The Balaban J connectivity index is 0.000000478. The van der Waals surface area contributed by atoms with E-state index < -0.39 is 0 Å². The van der Waals surface area contributed by atoms with Crippen molar-refractivity contribution in [1.29, 1.82) is 0 Å². The minimum absolute atomic E-state index is 0.0463. The van der Waals surface area contributed by atoms with E-state index in [4.69, 9.17) is 18.0 Å². The number of aliphatic hydroxyl groups is 1. The number of nitrogens with two attached hydrogens (primary N) is 2. The molecule has 0 saturated carbocycles. The van der Waals surface area contributed by atoms with Crippen LogP contribution in [0.2, 0.25) is 5.02 Å². The molecule has 1 atom stereocenters. The summed E-state index contributed by atoms with van der Waals surface area (Å²) in [5.74, 6) is 10.6. The van der Waals surface area contributed by atoms with Gasteiger partial charge in [-0.05, 0) is 29.5 Å². The molecule has 1 fully saturated rings. The van der Waals surface area contributed by atoms with Gasteiger partial charge in [0.2, 0.25) is 12.3 Å². The van der Waals surface area contributed by atoms with Crippen molar-refractivity contribution in [3.8, 4) is 12.3 Å². The van der Waals surface area contributed by atoms with Crippen LogP contribution >= 0.6 is 11.6 Å². The Morgan fingerprint density at radius 2 is 2.11 bits per heavy atom. The number of terminal acetylenes is 1. The zero-order valence-electron chi connectivity index (χ0n) is 16.7. The summed E-state index contributed by atoms with van der Waals surface area (Å²) in [5.41, 5.74) is 1.64. The van der Waals surface area contributed by atoms with Crippen molar-refractivity contribution < 1.29 is 14.7 Å². The molecule has 0 bridgehead atoms. The Kier molecular flexibility index (Phi) is 12.1. The number of likely N-dealkylation sites (tertiary alicyclic amines) is 1. The highest BCUT2D eigenvalue weighted by molar-refractivity contribution is 6.31. The molecule has 1 aliphatic rings. The molecule has 6 N–H and O–H groups in total. The summed E-state index contributed by atoms with van der Waals surface area (Å²) in [6.45, 7) is 7.87. The van der Waals surface area contributed by atoms with E-state index >= 15 is 0 Å². The number of hydrazine groups is 1. The minimum atomic E-state index is -0.302. The fourth-order valence-corrected chi connectivity index (χ4v) is 2.74. The van der Waals surface area contributed by atoms with Crippen LogP contribution in [0.25, 0.3) is 0 Å². The van der Waals surface area contributed by atoms with E-state index in [1.165, 1.54) is 0 Å². The monoisotopic (exact) mass is 410 g/mol. The fourth-order valence-electron chi connectivity index (χ4n) is 2.48. The topological polar surface area (TPSA) is 122 Å². The molecule has 0 spiro atoms. The Bertz CT molecular complexity index is 668. The predicted octanol–water partition coefficient (Wildman–Crippen LogP) is 1.40. The van der Waals surface area contributed by atoms with Crippen LogP contribution in [-0.2, 0) is 16.1 Å². The third-order valence-electron chi connectivity index (χ3n) is 3.78. The molecule has 7 nitrogen and oxygen atoms in total. The van der Waals surface area contributed by atoms with Crippen molar-refractivity contribution in [2.24, 2.45) is 17.1 Å². The van der Waals surface area contributed by atoms with E-state index in [-0.39, 0.29) is 17.4 Å². The molecule has 1 heterocycles. The second-order valence-electron chi connectivity index (χ2n) is 7.48. The number of amides is 2. The SMILES string of the molecule is C#Cc1ccc(CNC=O)cc1Cl.CC(C)(C)CC(=O)N1CCC(O)C1.NN. The van der Waals surface area contributed by atoms with Gasteiger partial charge in [-0.25, -0.2) is 0 Å². The molecule has 0 aromatic heterocycles. The Labute approximate surface area is 172 Å². The number of benzene rings is 1. The van der Waals surface area contributed by atoms with Crippen LogP contribution in [0.3, 0.4) is 0 Å². The summed E-state index contributed by atoms with van der Waals surface area (Å²) in [4.78, 5) is 23.4. The Hall–Kier alpha value is -2.11. The van der Waals surface area contributed by atoms with E-state index in [9.17, 15) is 14.7 Å². The second-order valence-corrected chi connectivity index (χ2v) is 7.88. The average molecular weight is 411 g/mol. The van der Waals surface area contributed by atoms with Gasteiger partial charge in [0.15, 0.2) is 0 Å². The maximum Gasteiger partial charge on any atom is 0.223 e. The zero-order valence-corrected chi connectivity index (χ0v) is 17.5. The van der Waals surface area contributed by atoms with Crippen molar-refractivity contribution in [3.05, 3.63) is 34.3 Å². The normalized spacial score (nSPS) is 15.4. The van der Waals surface area contributed by atoms with Crippen molar-refractivity contribution in [3.63, 3.8) is 0 Å². The molecule has 1 saturated heterocycles. The van der Waals surface area contributed by atoms with E-state index in [0.29, 0.717) is 36.5 Å². The van der Waals surface area contributed by atoms with Gasteiger partial charge in [0.1, 0.15) is 0 Å². The molecule has 156 valence electrons. The molecule has 1 aliphatic heterocycles. The summed E-state index contributed by atoms with van der Waals surface area (Å²) in [6, 6.07) is 5.33. The minimum Gasteiger partial charge on any atom is -0.391 e. The fraction of sp³-hybridized carbons (Fsp3) is 0.500. The molecule has 1 aromatic rings. The van der Waals surface area contributed by atoms with E-state index in [2.05, 4.69) is 43.7 Å². The van der Waals surface area contributed by atoms with Crippen LogP contribution in [0.1, 0.15) is 44.7 Å². The summed E-state index contributed by atoms with van der Waals surface area (Å²) in [7, 11) is 0. The first-order valence-corrected chi connectivity index (χ1v) is 9.25. The highest BCUT2D eigenvalue weighted by Gasteiger charge is 2.27. The average Bonchev–Trinajstić information content (AvgIpc) is 3.08. The molecular weight excluding hydrogens is 380 g/mol. The van der Waals surface area contributed by atoms with Crippen LogP contribution in [-0.4, -0.2) is 41.5 Å². The molecule has 8 heteroatoms. The van der Waals surface area contributed by atoms with Crippen LogP contribution in [0.15, 0.2) is 18.2 Å². The lowest BCUT2D eigenvalue weighted by Crippen LogP contribution is -2.32. The number of hydrogen-bond acceptors (Lipinski definition) is 5. The number of nitrogens with zero attached hydrogens (tertiary/aromatic N) is 1. The van der Waals surface area contributed by atoms with Gasteiger partial charge >= 0.3 is 0 Å². The van der Waals surface area contributed by atoms with Gasteiger partial charge in [-0.2, -0.15) is 0 Å². The number of carbonyl (C=O) groups excluding carboxylic acids is 2. The summed E-state index contributed by atoms with van der Waals surface area (Å²) >= 11 is 5.85. The lowest BCUT2D eigenvalue weighted by molar-refractivity contribution is -0.132. The van der Waals surface area contributed by atoms with E-state index in [1.807, 2.05) is 6.07 Å². The first-order chi connectivity index (χ1) is 13.2. The maximum absolute atomic E-state index is 11.6. The molecule has 0 radical (unpaired) electrons. The molecule has 1 unspecified atom stereocenters. The third kappa shape index (κ3) is 10.3. The van der Waals surface area contributed by atoms with Crippen LogP contribution in [0, 0.1) is 17.8 Å². The van der Waals surface area contributed by atoms with Gasteiger partial charge in [-0.15, -0.1) is 6.42 Å². The standard InChI is InChI=1S/C10H8ClNO.C10H19NO2.H4N2/c1-2-9-4-3-8(5-10(9)11)6-12-7-13;1-10(2,3)6-9(13)11-5-4-8(12)7-11;1-2/h1,3-5,7H,6H2,(H,12,13);8,12H,4-7H2,1-3H3;1-2H2. The highest BCUT2D eigenvalue weighted by Crippen LogP contribution is 2.21. The highest BCUT2D eigenvalue weighted by atomic mass is 35.5. The van der Waals surface area contributed by atoms with Crippen LogP contribution in [0.4, 0.5) is 0 Å². The van der Waals surface area contributed by atoms with Gasteiger partial charge in [0, 0.05) is 31.6 Å². The maximum atomic E-state index is 11.6. The summed E-state index contributed by atoms with van der Waals surface area (Å²) in [5, 5.41) is 12.3. The number of hydrogen-bond donors (Lipinski definition) is 4. The summed E-state index contributed by atoms with van der Waals surface area (Å²) in [6.07, 6.45) is 6.84. The quantitative estimate of drug-likeness (QED) is 0.259. The third-order valence-corrected chi connectivity index (χ3v) is 4.09. The number of rotatable bonds is 4. The van der Waals surface area contributed by atoms with Gasteiger partial charge in [0.25, 0.3) is 0 Å². The lowest BCUT2D eigenvalue weighted by atomic mass is 9.92. The first-order valence-electron chi connectivity index (χ1n) is 8.87. The zero-order chi connectivity index (χ0) is 21.7. The van der Waals surface area contributed by atoms with Gasteiger partial charge in [-0.1, -0.05) is 44.4 Å². The number of halogens is 1. The molecule has 2 amide bonds. The molecule has 1 aromatic carbocycles. The first kappa shape index (κ1) is 25.9. The number of β-amino-alcohol motifs (C(OH)–C–C–N with tert-alkyl or cyclic N) is 1. The lowest BCUT2D eigenvalue weighted by Gasteiger charge is -2.22. The van der Waals surface area contributed by atoms with Crippen molar-refractivity contribution in [2.45, 2.75) is 46.3 Å². The van der Waals surface area contributed by atoms with Crippen molar-refractivity contribution in [1.82, 2.24) is 10.2 Å². The Morgan fingerprint density at radius 1 is 1.46 bits per heavy atom. The van der Waals surface area contributed by atoms with Gasteiger partial charge in [-0.3, -0.25) is 21.3 Å². The smallest absolute Gasteiger partial charge is 0.223 e. The Morgan fingerprint density at radius 3 is 2.54 bits per heavy atom. The van der Waals surface area contributed by atoms with Crippen LogP contribution < -0.4 is 17.0 Å². The summed E-state index contributed by atoms with van der Waals surface area (Å²) < 4.78 is 0. The number of carbonyl (C=O) groups is 2. The molecular formula is C20H31ClN4O3. The molecule has 0 aliphatic carbocycles. The van der Waals surface area contributed by atoms with Crippen molar-refractivity contribution in [2.75, 3.05) is 13.1 Å². The van der Waals surface area contributed by atoms with Gasteiger partial charge < -0.3 is 15.3 Å². The van der Waals surface area contributed by atoms with Crippen LogP contribution in [0.5, 0.6) is 0 Å². The largest absolute Gasteiger partial charge is 0.391 e. The number of nitrogens with one attached hydrogen (secondary N) is 1. The van der Waals surface area contributed by atoms with Crippen molar-refractivity contribution >= 4 is 23.9 Å².